The Hall–Kier alpha value is -1.35. The van der Waals surface area contributed by atoms with Crippen LogP contribution in [0.25, 0.3) is 0 Å². The van der Waals surface area contributed by atoms with Gasteiger partial charge in [0.25, 0.3) is 0 Å². The molecule has 19 heavy (non-hydrogen) atoms. The van der Waals surface area contributed by atoms with Gasteiger partial charge in [0.1, 0.15) is 5.75 Å². The number of carbonyl (C=O) groups is 1. The summed E-state index contributed by atoms with van der Waals surface area (Å²) < 4.78 is 5.60. The van der Waals surface area contributed by atoms with Crippen molar-refractivity contribution in [1.82, 2.24) is 5.32 Å². The van der Waals surface area contributed by atoms with Crippen LogP contribution in [0.1, 0.15) is 38.3 Å². The lowest BCUT2D eigenvalue weighted by Gasteiger charge is -2.23. The molecule has 1 aromatic rings. The van der Waals surface area contributed by atoms with E-state index in [0.29, 0.717) is 5.75 Å². The molecule has 0 fully saturated rings. The van der Waals surface area contributed by atoms with Crippen molar-refractivity contribution in [3.05, 3.63) is 29.3 Å². The third-order valence-corrected chi connectivity index (χ3v) is 3.33. The molecule has 1 rings (SSSR count). The van der Waals surface area contributed by atoms with E-state index in [9.17, 15) is 4.79 Å². The SMILES string of the molecule is CCNCCC(C)(C)C(=O)Oc1c(C)cccc1C. The second-order valence-corrected chi connectivity index (χ2v) is 5.60. The Labute approximate surface area is 116 Å². The highest BCUT2D eigenvalue weighted by atomic mass is 16.5. The molecule has 0 unspecified atom stereocenters. The van der Waals surface area contributed by atoms with Crippen molar-refractivity contribution >= 4 is 5.97 Å². The lowest BCUT2D eigenvalue weighted by molar-refractivity contribution is -0.144. The number of rotatable bonds is 6. The fourth-order valence-electron chi connectivity index (χ4n) is 1.87. The third kappa shape index (κ3) is 4.35. The summed E-state index contributed by atoms with van der Waals surface area (Å²) in [7, 11) is 0. The summed E-state index contributed by atoms with van der Waals surface area (Å²) in [4.78, 5) is 12.3. The van der Waals surface area contributed by atoms with Crippen LogP contribution in [-0.4, -0.2) is 19.1 Å². The quantitative estimate of drug-likeness (QED) is 0.486. The van der Waals surface area contributed by atoms with Crippen molar-refractivity contribution in [2.45, 2.75) is 41.0 Å². The summed E-state index contributed by atoms with van der Waals surface area (Å²) >= 11 is 0. The van der Waals surface area contributed by atoms with Crippen LogP contribution < -0.4 is 10.1 Å². The fourth-order valence-corrected chi connectivity index (χ4v) is 1.87. The summed E-state index contributed by atoms with van der Waals surface area (Å²) in [6.07, 6.45) is 0.768. The maximum Gasteiger partial charge on any atom is 0.316 e. The average Bonchev–Trinajstić information content (AvgIpc) is 2.34. The summed E-state index contributed by atoms with van der Waals surface area (Å²) in [6, 6.07) is 5.89. The van der Waals surface area contributed by atoms with Gasteiger partial charge in [-0.05, 0) is 58.3 Å². The zero-order valence-corrected chi connectivity index (χ0v) is 12.7. The Bertz CT molecular complexity index is 418. The van der Waals surface area contributed by atoms with Crippen LogP contribution in [0.2, 0.25) is 0 Å². The number of ether oxygens (including phenoxy) is 1. The molecule has 0 aliphatic heterocycles. The number of carbonyl (C=O) groups excluding carboxylic acids is 1. The number of aryl methyl sites for hydroxylation is 2. The van der Waals surface area contributed by atoms with Gasteiger partial charge in [-0.2, -0.15) is 0 Å². The molecule has 0 atom stereocenters. The number of benzene rings is 1. The van der Waals surface area contributed by atoms with E-state index < -0.39 is 5.41 Å². The number of nitrogens with one attached hydrogen (secondary N) is 1. The molecule has 0 amide bonds. The molecular formula is C16H25NO2. The van der Waals surface area contributed by atoms with E-state index in [1.807, 2.05) is 45.9 Å². The Balaban J connectivity index is 2.73. The average molecular weight is 263 g/mol. The van der Waals surface area contributed by atoms with Crippen molar-refractivity contribution in [3.8, 4) is 5.75 Å². The molecule has 0 aliphatic rings. The van der Waals surface area contributed by atoms with Gasteiger partial charge in [-0.3, -0.25) is 4.79 Å². The summed E-state index contributed by atoms with van der Waals surface area (Å²) in [5, 5.41) is 3.24. The third-order valence-electron chi connectivity index (χ3n) is 3.33. The first-order valence-corrected chi connectivity index (χ1v) is 6.87. The Morgan fingerprint density at radius 3 is 2.37 bits per heavy atom. The van der Waals surface area contributed by atoms with E-state index in [2.05, 4.69) is 12.2 Å². The number of hydrogen-bond donors (Lipinski definition) is 1. The molecular weight excluding hydrogens is 238 g/mol. The molecule has 0 heterocycles. The van der Waals surface area contributed by atoms with Gasteiger partial charge in [0, 0.05) is 0 Å². The Morgan fingerprint density at radius 2 is 1.84 bits per heavy atom. The predicted octanol–water partition coefficient (Wildman–Crippen LogP) is 3.23. The van der Waals surface area contributed by atoms with E-state index in [1.54, 1.807) is 0 Å². The zero-order valence-electron chi connectivity index (χ0n) is 12.7. The van der Waals surface area contributed by atoms with Crippen LogP contribution in [0, 0.1) is 19.3 Å². The maximum atomic E-state index is 12.3. The molecule has 0 bridgehead atoms. The van der Waals surface area contributed by atoms with E-state index in [-0.39, 0.29) is 5.97 Å². The minimum Gasteiger partial charge on any atom is -0.426 e. The molecule has 106 valence electrons. The highest BCUT2D eigenvalue weighted by molar-refractivity contribution is 5.79. The zero-order chi connectivity index (χ0) is 14.5. The van der Waals surface area contributed by atoms with Gasteiger partial charge in [-0.15, -0.1) is 0 Å². The summed E-state index contributed by atoms with van der Waals surface area (Å²) in [5.74, 6) is 0.534. The number of hydrogen-bond acceptors (Lipinski definition) is 3. The first-order valence-electron chi connectivity index (χ1n) is 6.87. The van der Waals surface area contributed by atoms with Crippen molar-refractivity contribution in [2.75, 3.05) is 13.1 Å². The van der Waals surface area contributed by atoms with Gasteiger partial charge >= 0.3 is 5.97 Å². The van der Waals surface area contributed by atoms with Crippen molar-refractivity contribution in [1.29, 1.82) is 0 Å². The van der Waals surface area contributed by atoms with Crippen LogP contribution in [0.15, 0.2) is 18.2 Å². The van der Waals surface area contributed by atoms with Crippen LogP contribution in [0.4, 0.5) is 0 Å². The second kappa shape index (κ2) is 6.71. The molecule has 0 saturated carbocycles. The molecule has 3 heteroatoms. The molecule has 0 spiro atoms. The van der Waals surface area contributed by atoms with E-state index >= 15 is 0 Å². The molecule has 0 radical (unpaired) electrons. The molecule has 0 aliphatic carbocycles. The van der Waals surface area contributed by atoms with Crippen molar-refractivity contribution in [2.24, 2.45) is 5.41 Å². The smallest absolute Gasteiger partial charge is 0.316 e. The topological polar surface area (TPSA) is 38.3 Å². The van der Waals surface area contributed by atoms with E-state index in [1.165, 1.54) is 0 Å². The second-order valence-electron chi connectivity index (χ2n) is 5.60. The van der Waals surface area contributed by atoms with Crippen LogP contribution in [-0.2, 0) is 4.79 Å². The van der Waals surface area contributed by atoms with Gasteiger partial charge in [0.05, 0.1) is 5.41 Å². The molecule has 0 aromatic heterocycles. The molecule has 0 saturated heterocycles. The predicted molar refractivity (Wildman–Crippen MR) is 78.5 cm³/mol. The van der Waals surface area contributed by atoms with Crippen molar-refractivity contribution in [3.63, 3.8) is 0 Å². The highest BCUT2D eigenvalue weighted by Gasteiger charge is 2.29. The lowest BCUT2D eigenvalue weighted by atomic mass is 9.89. The Morgan fingerprint density at radius 1 is 1.26 bits per heavy atom. The van der Waals surface area contributed by atoms with Crippen molar-refractivity contribution < 1.29 is 9.53 Å². The maximum absolute atomic E-state index is 12.3. The van der Waals surface area contributed by atoms with Gasteiger partial charge < -0.3 is 10.1 Å². The minimum atomic E-state index is -0.475. The van der Waals surface area contributed by atoms with Crippen LogP contribution in [0.5, 0.6) is 5.75 Å². The summed E-state index contributed by atoms with van der Waals surface area (Å²) in [6.45, 7) is 11.6. The normalized spacial score (nSPS) is 11.4. The van der Waals surface area contributed by atoms with Crippen LogP contribution in [0.3, 0.4) is 0 Å². The van der Waals surface area contributed by atoms with Gasteiger partial charge in [0.15, 0.2) is 0 Å². The molecule has 3 nitrogen and oxygen atoms in total. The molecule has 1 N–H and O–H groups in total. The fraction of sp³-hybridized carbons (Fsp3) is 0.562. The minimum absolute atomic E-state index is 0.164. The van der Waals surface area contributed by atoms with E-state index in [0.717, 1.165) is 30.6 Å². The first-order chi connectivity index (χ1) is 8.88. The standard InChI is InChI=1S/C16H25NO2/c1-6-17-11-10-16(4,5)15(18)19-14-12(2)8-7-9-13(14)3/h7-9,17H,6,10-11H2,1-5H3. The van der Waals surface area contributed by atoms with E-state index in [4.69, 9.17) is 4.74 Å². The van der Waals surface area contributed by atoms with Gasteiger partial charge in [-0.1, -0.05) is 25.1 Å². The van der Waals surface area contributed by atoms with Gasteiger partial charge in [0.2, 0.25) is 0 Å². The monoisotopic (exact) mass is 263 g/mol. The first kappa shape index (κ1) is 15.7. The largest absolute Gasteiger partial charge is 0.426 e. The lowest BCUT2D eigenvalue weighted by Crippen LogP contribution is -2.33. The summed E-state index contributed by atoms with van der Waals surface area (Å²) in [5.41, 5.74) is 1.52. The number of esters is 1. The Kier molecular flexibility index (Phi) is 5.55. The van der Waals surface area contributed by atoms with Crippen LogP contribution >= 0.6 is 0 Å². The highest BCUT2D eigenvalue weighted by Crippen LogP contribution is 2.27. The van der Waals surface area contributed by atoms with Gasteiger partial charge in [-0.25, -0.2) is 0 Å². The molecule has 1 aromatic carbocycles. The number of para-hydroxylation sites is 1.